The fourth-order valence-corrected chi connectivity index (χ4v) is 8.26. The van der Waals surface area contributed by atoms with Gasteiger partial charge in [-0.1, -0.05) is 24.4 Å². The van der Waals surface area contributed by atoms with E-state index < -0.39 is 41.3 Å². The van der Waals surface area contributed by atoms with E-state index in [4.69, 9.17) is 42.4 Å². The van der Waals surface area contributed by atoms with Crippen molar-refractivity contribution in [1.29, 1.82) is 10.5 Å². The molecule has 0 unspecified atom stereocenters. The third-order valence-electron chi connectivity index (χ3n) is 12.7. The summed E-state index contributed by atoms with van der Waals surface area (Å²) in [6, 6.07) is 18.2. The molecule has 5 N–H and O–H groups in total. The van der Waals surface area contributed by atoms with Gasteiger partial charge in [-0.3, -0.25) is 4.79 Å². The standard InChI is InChI=1S/C16H20N4O4.C15H18N4O4.C11H12N4O2.C11H8N4O2.C7H12O2.C5H2ClN3.ClH/c1-16(2,3)24-15(22)17-8-12-7-13(19-10-18-12)20-6-5-11(9-20)14(21)23-4;1-15(2,3)23-14(22)16-7-11-6-12(18-9-17-11)19-5-4-10(8-19)13(20)21;2*1-17-11(16)8-2-3-15(6-8)10-4-9(5-12)13-7-14-10;1-9-7(8)6-4-2-3-5-6;6-5-1-4(2-7)8-3-9-5;/h5-7,9-10H,8H2,1-4H3,(H,17,22);4-6,8-9H,7H2,1-3H3,(H,16,22)(H,20,21);2-4,6-7H,5,12H2,1H3;2-4,6-7H,1H3;6H,2-5H2,1H3;1,3H;1H. The molecular weight excluding hydrogens is 1340 g/mol. The lowest BCUT2D eigenvalue weighted by Crippen LogP contribution is -2.32. The summed E-state index contributed by atoms with van der Waals surface area (Å²) in [7, 11) is 5.44. The van der Waals surface area contributed by atoms with E-state index in [1.165, 1.54) is 97.3 Å². The Hall–Kier alpha value is -12.1. The topological polar surface area (TPSA) is 441 Å². The lowest BCUT2D eigenvalue weighted by Gasteiger charge is -2.19. The van der Waals surface area contributed by atoms with E-state index in [2.05, 4.69) is 79.4 Å². The van der Waals surface area contributed by atoms with Crippen molar-refractivity contribution in [3.8, 4) is 35.4 Å². The molecule has 9 aromatic heterocycles. The molecule has 0 radical (unpaired) electrons. The highest BCUT2D eigenvalue weighted by atomic mass is 35.5. The normalized spacial score (nSPS) is 11.1. The number of amides is 2. The van der Waals surface area contributed by atoms with Crippen LogP contribution in [0.5, 0.6) is 0 Å². The molecule has 9 heterocycles. The van der Waals surface area contributed by atoms with Crippen LogP contribution in [-0.2, 0) is 52.8 Å². The van der Waals surface area contributed by atoms with Gasteiger partial charge in [0.1, 0.15) is 94.8 Å². The third-order valence-corrected chi connectivity index (χ3v) is 12.9. The van der Waals surface area contributed by atoms with Crippen molar-refractivity contribution in [1.82, 2.24) is 78.7 Å². The number of alkyl carbamates (subject to hydrolysis) is 2. The number of carbonyl (C=O) groups is 7. The highest BCUT2D eigenvalue weighted by Crippen LogP contribution is 2.25. The molecule has 1 fully saturated rings. The van der Waals surface area contributed by atoms with Gasteiger partial charge in [0.15, 0.2) is 0 Å². The summed E-state index contributed by atoms with van der Waals surface area (Å²) < 4.78 is 35.4. The average Bonchev–Trinajstić information content (AvgIpc) is 1.74. The van der Waals surface area contributed by atoms with Crippen molar-refractivity contribution >= 4 is 66.0 Å². The van der Waals surface area contributed by atoms with E-state index >= 15 is 0 Å². The van der Waals surface area contributed by atoms with Crippen LogP contribution in [0.1, 0.15) is 137 Å². The molecule has 2 amide bonds. The van der Waals surface area contributed by atoms with E-state index in [9.17, 15) is 33.6 Å². The highest BCUT2D eigenvalue weighted by Gasteiger charge is 2.23. The summed E-state index contributed by atoms with van der Waals surface area (Å²) in [6.07, 6.45) is 23.1. The number of ether oxygens (including phenoxy) is 6. The minimum Gasteiger partial charge on any atom is -0.478 e. The molecular formula is C65H73Cl2N19O14. The minimum atomic E-state index is -1.01. The third kappa shape index (κ3) is 27.2. The quantitative estimate of drug-likeness (QED) is 0.0451. The fourth-order valence-electron chi connectivity index (χ4n) is 8.11. The average molecular weight is 1420 g/mol. The largest absolute Gasteiger partial charge is 0.478 e. The Bertz CT molecular complexity index is 4280. The number of carboxylic acid groups (broad SMARTS) is 1. The van der Waals surface area contributed by atoms with E-state index in [0.29, 0.717) is 63.0 Å². The molecule has 0 aliphatic heterocycles. The zero-order valence-corrected chi connectivity index (χ0v) is 57.6. The number of carbonyl (C=O) groups excluding carboxylic acids is 6. The van der Waals surface area contributed by atoms with Crippen molar-refractivity contribution < 1.29 is 67.1 Å². The van der Waals surface area contributed by atoms with Crippen molar-refractivity contribution in [3.05, 3.63) is 192 Å². The molecule has 0 atom stereocenters. The van der Waals surface area contributed by atoms with Crippen molar-refractivity contribution in [2.45, 2.75) is 98.1 Å². The molecule has 1 saturated carbocycles. The first-order chi connectivity index (χ1) is 47.2. The first-order valence-corrected chi connectivity index (χ1v) is 30.0. The molecule has 1 aliphatic carbocycles. The molecule has 35 heteroatoms. The summed E-state index contributed by atoms with van der Waals surface area (Å²) in [4.78, 5) is 118. The van der Waals surface area contributed by atoms with E-state index in [-0.39, 0.29) is 60.3 Å². The van der Waals surface area contributed by atoms with Crippen LogP contribution in [0.2, 0.25) is 5.15 Å². The van der Waals surface area contributed by atoms with Crippen LogP contribution in [0.15, 0.2) is 136 Å². The Morgan fingerprint density at radius 1 is 0.520 bits per heavy atom. The fraction of sp³-hybridized carbons (Fsp3) is 0.308. The minimum absolute atomic E-state index is 0. The highest BCUT2D eigenvalue weighted by molar-refractivity contribution is 6.29. The second-order valence-corrected chi connectivity index (χ2v) is 22.6. The van der Waals surface area contributed by atoms with E-state index in [1.54, 1.807) is 140 Å². The molecule has 0 saturated heterocycles. The predicted octanol–water partition coefficient (Wildman–Crippen LogP) is 8.28. The van der Waals surface area contributed by atoms with Crippen LogP contribution in [0.4, 0.5) is 9.59 Å². The second-order valence-electron chi connectivity index (χ2n) is 22.2. The number of nitrogens with one attached hydrogen (secondary N) is 2. The number of carboxylic acids is 1. The number of halogens is 2. The Morgan fingerprint density at radius 2 is 0.860 bits per heavy atom. The smallest absolute Gasteiger partial charge is 0.407 e. The SMILES string of the molecule is CC(C)(C)OC(=O)NCc1cc(-n2ccc(C(=O)O)c2)ncn1.COC(=O)C1CCCC1.COC(=O)c1ccn(-c2cc(C#N)ncn2)c1.COC(=O)c1ccn(-c2cc(CN)ncn2)c1.COC(=O)c1ccn(-c2cc(CNC(=O)OC(C)(C)C)ncn2)c1.Cl.N#Cc1cc(Cl)ncn1. The van der Waals surface area contributed by atoms with Crippen LogP contribution in [0, 0.1) is 28.6 Å². The van der Waals surface area contributed by atoms with Gasteiger partial charge in [0.05, 0.1) is 86.8 Å². The molecule has 0 spiro atoms. The Morgan fingerprint density at radius 3 is 1.19 bits per heavy atom. The maximum absolute atomic E-state index is 11.7. The van der Waals surface area contributed by atoms with Crippen molar-refractivity contribution in [2.75, 3.05) is 28.4 Å². The first kappa shape index (κ1) is 80.4. The molecule has 1 aliphatic rings. The summed E-state index contributed by atoms with van der Waals surface area (Å²) in [6.45, 7) is 11.4. The van der Waals surface area contributed by atoms with Crippen LogP contribution in [-0.4, -0.2) is 155 Å². The van der Waals surface area contributed by atoms with Crippen molar-refractivity contribution in [3.63, 3.8) is 0 Å². The molecule has 526 valence electrons. The molecule has 100 heavy (non-hydrogen) atoms. The van der Waals surface area contributed by atoms with E-state index in [1.807, 2.05) is 12.1 Å². The lowest BCUT2D eigenvalue weighted by atomic mass is 10.1. The van der Waals surface area contributed by atoms with Crippen LogP contribution in [0.25, 0.3) is 23.3 Å². The number of nitriles is 2. The number of hydrogen-bond acceptors (Lipinski definition) is 26. The summed E-state index contributed by atoms with van der Waals surface area (Å²) in [5, 5.41) is 31.4. The Labute approximate surface area is 585 Å². The van der Waals surface area contributed by atoms with Crippen LogP contribution in [0.3, 0.4) is 0 Å². The van der Waals surface area contributed by atoms with Gasteiger partial charge in [0, 0.05) is 86.5 Å². The Kier molecular flexibility index (Phi) is 32.0. The van der Waals surface area contributed by atoms with Crippen molar-refractivity contribution in [2.24, 2.45) is 11.7 Å². The number of hydrogen-bond donors (Lipinski definition) is 4. The zero-order valence-electron chi connectivity index (χ0n) is 56.0. The molecule has 0 bridgehead atoms. The van der Waals surface area contributed by atoms with Gasteiger partial charge in [-0.2, -0.15) is 10.5 Å². The van der Waals surface area contributed by atoms with Gasteiger partial charge in [-0.25, -0.2) is 78.6 Å². The number of aromatic nitrogens is 14. The monoisotopic (exact) mass is 1410 g/mol. The van der Waals surface area contributed by atoms with Gasteiger partial charge >= 0.3 is 42.0 Å². The van der Waals surface area contributed by atoms with Crippen LogP contribution < -0.4 is 16.4 Å². The molecule has 33 nitrogen and oxygen atoms in total. The Balaban J connectivity index is 0.000000262. The maximum atomic E-state index is 11.7. The number of esters is 4. The van der Waals surface area contributed by atoms with Gasteiger partial charge in [0.25, 0.3) is 0 Å². The van der Waals surface area contributed by atoms with Gasteiger partial charge in [-0.05, 0) is 78.6 Å². The second kappa shape index (κ2) is 39.8. The van der Waals surface area contributed by atoms with Gasteiger partial charge in [0.2, 0.25) is 0 Å². The molecule has 9 aromatic rings. The molecule has 10 rings (SSSR count). The summed E-state index contributed by atoms with van der Waals surface area (Å²) >= 11 is 5.42. The summed E-state index contributed by atoms with van der Waals surface area (Å²) in [5.74, 6) is 0.230. The number of aromatic carboxylic acids is 1. The number of methoxy groups -OCH3 is 4. The lowest BCUT2D eigenvalue weighted by molar-refractivity contribution is -0.145. The first-order valence-electron chi connectivity index (χ1n) is 29.6. The summed E-state index contributed by atoms with van der Waals surface area (Å²) in [5.41, 5.74) is 8.33. The maximum Gasteiger partial charge on any atom is 0.407 e. The van der Waals surface area contributed by atoms with Crippen LogP contribution >= 0.6 is 24.0 Å². The number of nitrogens with zero attached hydrogens (tertiary/aromatic N) is 16. The van der Waals surface area contributed by atoms with E-state index in [0.717, 1.165) is 18.5 Å². The number of nitrogens with two attached hydrogens (primary N) is 1. The predicted molar refractivity (Wildman–Crippen MR) is 358 cm³/mol. The van der Waals surface area contributed by atoms with Gasteiger partial charge in [-0.15, -0.1) is 12.4 Å². The number of rotatable bonds is 14. The molecule has 0 aromatic carbocycles. The zero-order chi connectivity index (χ0) is 72.7. The van der Waals surface area contributed by atoms with Gasteiger partial charge < -0.3 is 68.2 Å².